The van der Waals surface area contributed by atoms with E-state index in [1.165, 1.54) is 5.56 Å². The monoisotopic (exact) mass is 459 g/mol. The molecule has 0 radical (unpaired) electrons. The molecule has 0 atom stereocenters. The third-order valence-electron chi connectivity index (χ3n) is 5.09. The molecule has 3 aromatic rings. The maximum atomic E-state index is 5.65. The van der Waals surface area contributed by atoms with E-state index in [4.69, 9.17) is 19.7 Å². The van der Waals surface area contributed by atoms with Crippen molar-refractivity contribution >= 4 is 32.9 Å². The number of imidazole rings is 1. The van der Waals surface area contributed by atoms with Crippen molar-refractivity contribution in [3.8, 4) is 11.7 Å². The van der Waals surface area contributed by atoms with Crippen LogP contribution in [0.1, 0.15) is 57.8 Å². The standard InChI is InChI=1S/C22H30BrN5O/c1-7-9-12-27(8-2)20-19-21(25-15(5)24-20)28(22(26-19)29-6)18-11-10-16(14(3)4)13-17(18)23/h10-11,13-14H,7-9,12H2,1-6H3. The predicted molar refractivity (Wildman–Crippen MR) is 123 cm³/mol. The van der Waals surface area contributed by atoms with E-state index >= 15 is 0 Å². The molecule has 0 aliphatic heterocycles. The van der Waals surface area contributed by atoms with Crippen molar-refractivity contribution in [2.24, 2.45) is 0 Å². The van der Waals surface area contributed by atoms with Gasteiger partial charge in [0.25, 0.3) is 0 Å². The molecule has 0 bridgehead atoms. The van der Waals surface area contributed by atoms with Gasteiger partial charge in [-0.25, -0.2) is 14.5 Å². The van der Waals surface area contributed by atoms with Crippen LogP contribution in [0.5, 0.6) is 6.01 Å². The Labute approximate surface area is 181 Å². The summed E-state index contributed by atoms with van der Waals surface area (Å²) in [6.07, 6.45) is 2.25. The van der Waals surface area contributed by atoms with Crippen LogP contribution >= 0.6 is 15.9 Å². The molecule has 156 valence electrons. The van der Waals surface area contributed by atoms with Gasteiger partial charge in [-0.1, -0.05) is 33.3 Å². The Morgan fingerprint density at radius 1 is 1.17 bits per heavy atom. The highest BCUT2D eigenvalue weighted by Gasteiger charge is 2.23. The normalized spacial score (nSPS) is 11.4. The van der Waals surface area contributed by atoms with Gasteiger partial charge in [-0.05, 0) is 59.8 Å². The molecule has 2 heterocycles. The number of nitrogens with zero attached hydrogens (tertiary/aromatic N) is 5. The first-order valence-corrected chi connectivity index (χ1v) is 11.1. The van der Waals surface area contributed by atoms with Gasteiger partial charge in [0.05, 0.1) is 12.8 Å². The second-order valence-corrected chi connectivity index (χ2v) is 8.35. The van der Waals surface area contributed by atoms with Crippen LogP contribution in [0.3, 0.4) is 0 Å². The first kappa shape index (κ1) is 21.6. The van der Waals surface area contributed by atoms with Crippen molar-refractivity contribution in [2.45, 2.75) is 53.4 Å². The van der Waals surface area contributed by atoms with Gasteiger partial charge in [-0.3, -0.25) is 0 Å². The van der Waals surface area contributed by atoms with Crippen LogP contribution in [0.2, 0.25) is 0 Å². The lowest BCUT2D eigenvalue weighted by molar-refractivity contribution is 0.375. The molecule has 0 N–H and O–H groups in total. The van der Waals surface area contributed by atoms with E-state index in [0.717, 1.165) is 58.9 Å². The number of fused-ring (bicyclic) bond motifs is 1. The first-order valence-electron chi connectivity index (χ1n) is 10.3. The van der Waals surface area contributed by atoms with Gasteiger partial charge in [0.15, 0.2) is 17.0 Å². The zero-order valence-electron chi connectivity index (χ0n) is 18.2. The summed E-state index contributed by atoms with van der Waals surface area (Å²) in [6, 6.07) is 6.89. The van der Waals surface area contributed by atoms with Gasteiger partial charge in [-0.15, -0.1) is 0 Å². The number of rotatable bonds is 8. The maximum Gasteiger partial charge on any atom is 0.303 e. The molecule has 2 aromatic heterocycles. The number of methoxy groups -OCH3 is 1. The summed E-state index contributed by atoms with van der Waals surface area (Å²) in [5.74, 6) is 2.05. The smallest absolute Gasteiger partial charge is 0.303 e. The number of halogens is 1. The molecule has 7 heteroatoms. The number of aryl methyl sites for hydroxylation is 1. The second-order valence-electron chi connectivity index (χ2n) is 7.50. The van der Waals surface area contributed by atoms with Crippen molar-refractivity contribution in [3.05, 3.63) is 34.1 Å². The Morgan fingerprint density at radius 2 is 1.93 bits per heavy atom. The number of hydrogen-bond acceptors (Lipinski definition) is 5. The third kappa shape index (κ3) is 4.25. The molecule has 0 spiro atoms. The summed E-state index contributed by atoms with van der Waals surface area (Å²) in [7, 11) is 1.64. The van der Waals surface area contributed by atoms with E-state index in [-0.39, 0.29) is 0 Å². The fourth-order valence-electron chi connectivity index (χ4n) is 3.43. The van der Waals surface area contributed by atoms with Gasteiger partial charge >= 0.3 is 6.01 Å². The number of unbranched alkanes of at least 4 members (excludes halogenated alkanes) is 1. The van der Waals surface area contributed by atoms with Crippen LogP contribution in [0.25, 0.3) is 16.9 Å². The van der Waals surface area contributed by atoms with Crippen LogP contribution in [0.4, 0.5) is 5.82 Å². The molecule has 0 saturated heterocycles. The maximum absolute atomic E-state index is 5.65. The molecule has 3 rings (SSSR count). The topological polar surface area (TPSA) is 56.1 Å². The average Bonchev–Trinajstić information content (AvgIpc) is 3.06. The number of aromatic nitrogens is 4. The Hall–Kier alpha value is -2.15. The molecule has 0 aliphatic carbocycles. The lowest BCUT2D eigenvalue weighted by Crippen LogP contribution is -2.25. The predicted octanol–water partition coefficient (Wildman–Crippen LogP) is 5.64. The number of benzene rings is 1. The zero-order valence-corrected chi connectivity index (χ0v) is 19.7. The molecular weight excluding hydrogens is 430 g/mol. The minimum atomic E-state index is 0.453. The molecule has 0 unspecified atom stereocenters. The van der Waals surface area contributed by atoms with E-state index in [2.05, 4.69) is 66.7 Å². The largest absolute Gasteiger partial charge is 0.468 e. The zero-order chi connectivity index (χ0) is 21.1. The summed E-state index contributed by atoms with van der Waals surface area (Å²) in [5.41, 5.74) is 3.75. The van der Waals surface area contributed by atoms with Gasteiger partial charge < -0.3 is 9.64 Å². The number of anilines is 1. The molecule has 0 aliphatic rings. The highest BCUT2D eigenvalue weighted by atomic mass is 79.9. The Bertz CT molecular complexity index is 999. The summed E-state index contributed by atoms with van der Waals surface area (Å²) < 4.78 is 8.60. The minimum absolute atomic E-state index is 0.453. The Morgan fingerprint density at radius 3 is 2.52 bits per heavy atom. The Balaban J connectivity index is 2.24. The summed E-state index contributed by atoms with van der Waals surface area (Å²) >= 11 is 3.74. The van der Waals surface area contributed by atoms with E-state index in [1.54, 1.807) is 7.11 Å². The molecule has 29 heavy (non-hydrogen) atoms. The van der Waals surface area contributed by atoms with Crippen molar-refractivity contribution in [3.63, 3.8) is 0 Å². The summed E-state index contributed by atoms with van der Waals surface area (Å²) in [5, 5.41) is 0. The molecule has 1 aromatic carbocycles. The van der Waals surface area contributed by atoms with Crippen LogP contribution in [-0.4, -0.2) is 39.7 Å². The van der Waals surface area contributed by atoms with Crippen LogP contribution in [-0.2, 0) is 0 Å². The average molecular weight is 460 g/mol. The Kier molecular flexibility index (Phi) is 6.77. The second kappa shape index (κ2) is 9.11. The fraction of sp³-hybridized carbons (Fsp3) is 0.500. The number of hydrogen-bond donors (Lipinski definition) is 0. The highest BCUT2D eigenvalue weighted by molar-refractivity contribution is 9.10. The highest BCUT2D eigenvalue weighted by Crippen LogP contribution is 2.34. The quantitative estimate of drug-likeness (QED) is 0.435. The van der Waals surface area contributed by atoms with E-state index < -0.39 is 0 Å². The van der Waals surface area contributed by atoms with Crippen molar-refractivity contribution in [1.82, 2.24) is 19.5 Å². The van der Waals surface area contributed by atoms with Gasteiger partial charge in [0, 0.05) is 17.6 Å². The van der Waals surface area contributed by atoms with Gasteiger partial charge in [0.2, 0.25) is 0 Å². The van der Waals surface area contributed by atoms with Gasteiger partial charge in [0.1, 0.15) is 5.82 Å². The number of ether oxygens (including phenoxy) is 1. The molecule has 0 amide bonds. The van der Waals surface area contributed by atoms with Crippen molar-refractivity contribution in [1.29, 1.82) is 0 Å². The van der Waals surface area contributed by atoms with E-state index in [0.29, 0.717) is 11.9 Å². The minimum Gasteiger partial charge on any atom is -0.468 e. The third-order valence-corrected chi connectivity index (χ3v) is 5.73. The summed E-state index contributed by atoms with van der Waals surface area (Å²) in [4.78, 5) is 16.5. The van der Waals surface area contributed by atoms with Crippen LogP contribution in [0.15, 0.2) is 22.7 Å². The molecular formula is C22H30BrN5O. The SMILES string of the molecule is CCCCN(CC)c1nc(C)nc2c1nc(OC)n2-c1ccc(C(C)C)cc1Br. The van der Waals surface area contributed by atoms with E-state index in [9.17, 15) is 0 Å². The fourth-order valence-corrected chi connectivity index (χ4v) is 4.00. The van der Waals surface area contributed by atoms with Crippen LogP contribution < -0.4 is 9.64 Å². The first-order chi connectivity index (χ1) is 13.9. The molecule has 0 fully saturated rings. The summed E-state index contributed by atoms with van der Waals surface area (Å²) in [6.45, 7) is 12.5. The molecule has 0 saturated carbocycles. The van der Waals surface area contributed by atoms with E-state index in [1.807, 2.05) is 11.5 Å². The van der Waals surface area contributed by atoms with Gasteiger partial charge in [-0.2, -0.15) is 4.98 Å². The lowest BCUT2D eigenvalue weighted by atomic mass is 10.0. The van der Waals surface area contributed by atoms with Crippen molar-refractivity contribution < 1.29 is 4.74 Å². The van der Waals surface area contributed by atoms with Crippen LogP contribution in [0, 0.1) is 6.92 Å². The van der Waals surface area contributed by atoms with Crippen molar-refractivity contribution in [2.75, 3.05) is 25.1 Å². The molecule has 6 nitrogen and oxygen atoms in total. The lowest BCUT2D eigenvalue weighted by Gasteiger charge is -2.22.